The average molecular weight is 332 g/mol. The maximum absolute atomic E-state index is 13.0. The van der Waals surface area contributed by atoms with E-state index in [-0.39, 0.29) is 11.7 Å². The van der Waals surface area contributed by atoms with Crippen LogP contribution >= 0.6 is 39.9 Å². The van der Waals surface area contributed by atoms with Crippen molar-refractivity contribution in [2.75, 3.05) is 5.32 Å². The van der Waals surface area contributed by atoms with Crippen molar-refractivity contribution >= 4 is 51.5 Å². The van der Waals surface area contributed by atoms with Gasteiger partial charge in [0, 0.05) is 16.0 Å². The minimum absolute atomic E-state index is 0.228. The van der Waals surface area contributed by atoms with Crippen molar-refractivity contribution in [3.8, 4) is 0 Å². The summed E-state index contributed by atoms with van der Waals surface area (Å²) in [5.41, 5.74) is 0.539. The Balaban J connectivity index is 2.15. The highest BCUT2D eigenvalue weighted by Crippen LogP contribution is 2.22. The van der Waals surface area contributed by atoms with Crippen molar-refractivity contribution in [1.82, 2.24) is 0 Å². The summed E-state index contributed by atoms with van der Waals surface area (Å²) >= 11 is 8.50. The number of benzene rings is 1. The molecule has 0 saturated carbocycles. The van der Waals surface area contributed by atoms with Gasteiger partial charge in [0.25, 0.3) is 5.91 Å². The second-order valence-electron chi connectivity index (χ2n) is 3.25. The predicted octanol–water partition coefficient (Wildman–Crippen LogP) is 4.19. The quantitative estimate of drug-likeness (QED) is 0.794. The van der Waals surface area contributed by atoms with Crippen LogP contribution in [0.1, 0.15) is 9.67 Å². The highest BCUT2D eigenvalue weighted by atomic mass is 79.9. The zero-order valence-corrected chi connectivity index (χ0v) is 11.7. The second kappa shape index (κ2) is 5.20. The Labute approximate surface area is 115 Å². The van der Waals surface area contributed by atoms with Gasteiger partial charge in [-0.2, -0.15) is 0 Å². The number of hydrogen-bond donors (Lipinski definition) is 2. The zero-order chi connectivity index (χ0) is 12.4. The van der Waals surface area contributed by atoms with Crippen LogP contribution in [0.3, 0.4) is 0 Å². The Bertz CT molecular complexity index is 570. The molecule has 0 atom stereocenters. The Morgan fingerprint density at radius 2 is 2.18 bits per heavy atom. The third kappa shape index (κ3) is 3.08. The summed E-state index contributed by atoms with van der Waals surface area (Å²) in [6.07, 6.45) is 0. The molecule has 88 valence electrons. The molecule has 2 aromatic rings. The fraction of sp³-hybridized carbons (Fsp3) is 0. The molecule has 17 heavy (non-hydrogen) atoms. The minimum atomic E-state index is -0.364. The Morgan fingerprint density at radius 1 is 1.41 bits per heavy atom. The van der Waals surface area contributed by atoms with E-state index in [2.05, 4.69) is 33.9 Å². The molecule has 6 heteroatoms. The SMILES string of the molecule is O=C(Nc1ccc(F)c(Br)c1)c1cc(S)cs1. The molecular formula is C11H7BrFNOS2. The number of carbonyl (C=O) groups excluding carboxylic acids is 1. The van der Waals surface area contributed by atoms with Gasteiger partial charge in [-0.05, 0) is 40.2 Å². The number of nitrogens with one attached hydrogen (secondary N) is 1. The summed E-state index contributed by atoms with van der Waals surface area (Å²) in [5, 5.41) is 4.46. The molecule has 1 aromatic carbocycles. The number of carbonyl (C=O) groups is 1. The van der Waals surface area contributed by atoms with Gasteiger partial charge in [0.05, 0.1) is 9.35 Å². The number of hydrogen-bond acceptors (Lipinski definition) is 3. The van der Waals surface area contributed by atoms with E-state index in [4.69, 9.17) is 0 Å². The number of amides is 1. The van der Waals surface area contributed by atoms with Gasteiger partial charge in [-0.15, -0.1) is 24.0 Å². The fourth-order valence-corrected chi connectivity index (χ4v) is 2.63. The lowest BCUT2D eigenvalue weighted by Gasteiger charge is -2.04. The standard InChI is InChI=1S/C11H7BrFNOS2/c12-8-3-6(1-2-9(8)13)14-11(15)10-4-7(16)5-17-10/h1-5,16H,(H,14,15). The molecule has 2 nitrogen and oxygen atoms in total. The first-order chi connectivity index (χ1) is 8.06. The third-order valence-corrected chi connectivity index (χ3v) is 3.96. The minimum Gasteiger partial charge on any atom is -0.321 e. The first kappa shape index (κ1) is 12.6. The first-order valence-corrected chi connectivity index (χ1v) is 6.72. The monoisotopic (exact) mass is 331 g/mol. The van der Waals surface area contributed by atoms with Crippen LogP contribution in [-0.4, -0.2) is 5.91 Å². The Hall–Kier alpha value is -0.850. The maximum atomic E-state index is 13.0. The van der Waals surface area contributed by atoms with Crippen molar-refractivity contribution in [2.45, 2.75) is 4.90 Å². The Morgan fingerprint density at radius 3 is 2.76 bits per heavy atom. The summed E-state index contributed by atoms with van der Waals surface area (Å²) < 4.78 is 13.3. The third-order valence-electron chi connectivity index (χ3n) is 1.99. The molecule has 0 spiro atoms. The number of thiol groups is 1. The van der Waals surface area contributed by atoms with Crippen LogP contribution in [0.4, 0.5) is 10.1 Å². The smallest absolute Gasteiger partial charge is 0.265 e. The van der Waals surface area contributed by atoms with Gasteiger partial charge in [-0.25, -0.2) is 4.39 Å². The van der Waals surface area contributed by atoms with Crippen LogP contribution < -0.4 is 5.32 Å². The van der Waals surface area contributed by atoms with Crippen molar-refractivity contribution in [1.29, 1.82) is 0 Å². The molecule has 1 amide bonds. The molecule has 0 unspecified atom stereocenters. The van der Waals surface area contributed by atoms with Crippen molar-refractivity contribution in [3.63, 3.8) is 0 Å². The van der Waals surface area contributed by atoms with Gasteiger partial charge in [-0.1, -0.05) is 0 Å². The molecule has 0 aliphatic rings. The lowest BCUT2D eigenvalue weighted by molar-refractivity contribution is 0.103. The van der Waals surface area contributed by atoms with Crippen LogP contribution in [0.15, 0.2) is 39.0 Å². The van der Waals surface area contributed by atoms with Crippen molar-refractivity contribution in [3.05, 3.63) is 44.8 Å². The molecule has 0 saturated heterocycles. The summed E-state index contributed by atoms with van der Waals surface area (Å²) in [6.45, 7) is 0. The number of thiophene rings is 1. The van der Waals surface area contributed by atoms with Crippen molar-refractivity contribution in [2.24, 2.45) is 0 Å². The lowest BCUT2D eigenvalue weighted by atomic mass is 10.3. The van der Waals surface area contributed by atoms with E-state index < -0.39 is 0 Å². The van der Waals surface area contributed by atoms with E-state index in [1.165, 1.54) is 29.5 Å². The highest BCUT2D eigenvalue weighted by molar-refractivity contribution is 9.10. The van der Waals surface area contributed by atoms with E-state index in [0.29, 0.717) is 15.0 Å². The van der Waals surface area contributed by atoms with Crippen molar-refractivity contribution < 1.29 is 9.18 Å². The van der Waals surface area contributed by atoms with Crippen LogP contribution in [0.5, 0.6) is 0 Å². The van der Waals surface area contributed by atoms with Gasteiger partial charge in [0.15, 0.2) is 0 Å². The summed E-state index contributed by atoms with van der Waals surface area (Å²) in [7, 11) is 0. The van der Waals surface area contributed by atoms with Crippen LogP contribution in [0, 0.1) is 5.82 Å². The van der Waals surface area contributed by atoms with Crippen LogP contribution in [0.25, 0.3) is 0 Å². The van der Waals surface area contributed by atoms with Gasteiger partial charge in [0.1, 0.15) is 5.82 Å². The first-order valence-electron chi connectivity index (χ1n) is 4.60. The van der Waals surface area contributed by atoms with Gasteiger partial charge >= 0.3 is 0 Å². The molecule has 0 fully saturated rings. The summed E-state index contributed by atoms with van der Waals surface area (Å²) in [6, 6.07) is 6.00. The molecule has 0 aliphatic heterocycles. The van der Waals surface area contributed by atoms with Crippen LogP contribution in [-0.2, 0) is 0 Å². The second-order valence-corrected chi connectivity index (χ2v) is 5.53. The van der Waals surface area contributed by atoms with E-state index in [1.54, 1.807) is 11.4 Å². The maximum Gasteiger partial charge on any atom is 0.265 e. The van der Waals surface area contributed by atoms with Gasteiger partial charge < -0.3 is 5.32 Å². The molecule has 0 bridgehead atoms. The highest BCUT2D eigenvalue weighted by Gasteiger charge is 2.09. The largest absolute Gasteiger partial charge is 0.321 e. The topological polar surface area (TPSA) is 29.1 Å². The van der Waals surface area contributed by atoms with Gasteiger partial charge in [-0.3, -0.25) is 4.79 Å². The molecule has 2 rings (SSSR count). The summed E-state index contributed by atoms with van der Waals surface area (Å²) in [4.78, 5) is 13.1. The zero-order valence-electron chi connectivity index (χ0n) is 8.41. The molecule has 1 N–H and O–H groups in total. The fourth-order valence-electron chi connectivity index (χ4n) is 1.21. The number of rotatable bonds is 2. The van der Waals surface area contributed by atoms with E-state index in [0.717, 1.165) is 4.90 Å². The average Bonchev–Trinajstić information content (AvgIpc) is 2.70. The number of halogens is 2. The molecule has 1 heterocycles. The molecule has 1 aromatic heterocycles. The predicted molar refractivity (Wildman–Crippen MR) is 73.6 cm³/mol. The van der Waals surface area contributed by atoms with E-state index in [1.807, 2.05) is 0 Å². The Kier molecular flexibility index (Phi) is 3.86. The normalized spacial score (nSPS) is 10.3. The summed E-state index contributed by atoms with van der Waals surface area (Å²) in [5.74, 6) is -0.592. The molecule has 0 radical (unpaired) electrons. The molecule has 0 aliphatic carbocycles. The number of anilines is 1. The van der Waals surface area contributed by atoms with E-state index in [9.17, 15) is 9.18 Å². The van der Waals surface area contributed by atoms with E-state index >= 15 is 0 Å². The lowest BCUT2D eigenvalue weighted by Crippen LogP contribution is -2.10. The van der Waals surface area contributed by atoms with Crippen LogP contribution in [0.2, 0.25) is 0 Å². The van der Waals surface area contributed by atoms with Gasteiger partial charge in [0.2, 0.25) is 0 Å². The molecular weight excluding hydrogens is 325 g/mol.